The molecule has 2 aliphatic heterocycles. The van der Waals surface area contributed by atoms with E-state index in [0.29, 0.717) is 19.1 Å². The third-order valence-electron chi connectivity index (χ3n) is 5.48. The summed E-state index contributed by atoms with van der Waals surface area (Å²) >= 11 is 0. The zero-order valence-electron chi connectivity index (χ0n) is 16.3. The van der Waals surface area contributed by atoms with Gasteiger partial charge >= 0.3 is 6.03 Å². The molecule has 150 valence electrons. The van der Waals surface area contributed by atoms with Crippen molar-refractivity contribution >= 4 is 6.03 Å². The Morgan fingerprint density at radius 2 is 1.96 bits per heavy atom. The Hall–Kier alpha value is -1.66. The quantitative estimate of drug-likeness (QED) is 0.765. The van der Waals surface area contributed by atoms with Crippen molar-refractivity contribution in [2.24, 2.45) is 5.92 Å². The fourth-order valence-electron chi connectivity index (χ4n) is 4.03. The van der Waals surface area contributed by atoms with Crippen LogP contribution in [-0.4, -0.2) is 49.8 Å². The average Bonchev–Trinajstić information content (AvgIpc) is 3.21. The van der Waals surface area contributed by atoms with E-state index in [1.54, 1.807) is 12.1 Å². The van der Waals surface area contributed by atoms with Crippen LogP contribution in [0.2, 0.25) is 0 Å². The molecule has 2 N–H and O–H groups in total. The molecule has 0 bridgehead atoms. The van der Waals surface area contributed by atoms with Gasteiger partial charge in [-0.15, -0.1) is 0 Å². The Labute approximate surface area is 161 Å². The number of amides is 2. The summed E-state index contributed by atoms with van der Waals surface area (Å²) in [7, 11) is 0. The number of piperidine rings is 1. The van der Waals surface area contributed by atoms with Crippen LogP contribution in [-0.2, 0) is 4.74 Å². The third kappa shape index (κ3) is 6.18. The zero-order valence-corrected chi connectivity index (χ0v) is 16.3. The van der Waals surface area contributed by atoms with E-state index in [2.05, 4.69) is 22.5 Å². The Morgan fingerprint density at radius 1 is 1.22 bits per heavy atom. The second kappa shape index (κ2) is 10.0. The molecule has 0 unspecified atom stereocenters. The maximum absolute atomic E-state index is 13.3. The Kier molecular flexibility index (Phi) is 7.47. The van der Waals surface area contributed by atoms with Crippen molar-refractivity contribution in [1.29, 1.82) is 0 Å². The minimum atomic E-state index is -0.277. The van der Waals surface area contributed by atoms with E-state index in [4.69, 9.17) is 4.74 Å². The summed E-state index contributed by atoms with van der Waals surface area (Å²) in [6.07, 6.45) is 5.71. The van der Waals surface area contributed by atoms with Gasteiger partial charge in [0.15, 0.2) is 0 Å². The molecule has 0 spiro atoms. The maximum atomic E-state index is 13.3. The minimum Gasteiger partial charge on any atom is -0.376 e. The Balaban J connectivity index is 1.50. The van der Waals surface area contributed by atoms with Crippen molar-refractivity contribution in [3.8, 4) is 0 Å². The second-order valence-electron chi connectivity index (χ2n) is 7.90. The lowest BCUT2D eigenvalue weighted by Crippen LogP contribution is -2.44. The Bertz CT molecular complexity index is 584. The van der Waals surface area contributed by atoms with E-state index < -0.39 is 0 Å². The van der Waals surface area contributed by atoms with Gasteiger partial charge in [0.2, 0.25) is 0 Å². The highest BCUT2D eigenvalue weighted by molar-refractivity contribution is 5.74. The van der Waals surface area contributed by atoms with Crippen LogP contribution in [0.15, 0.2) is 24.3 Å². The van der Waals surface area contributed by atoms with Crippen molar-refractivity contribution in [1.82, 2.24) is 15.5 Å². The van der Waals surface area contributed by atoms with E-state index in [1.165, 1.54) is 44.5 Å². The first-order chi connectivity index (χ1) is 13.1. The van der Waals surface area contributed by atoms with Crippen LogP contribution in [0.3, 0.4) is 0 Å². The highest BCUT2D eigenvalue weighted by Crippen LogP contribution is 2.27. The standard InChI is InChI=1S/C21H32FN3O2/c1-16(15-25-11-3-2-4-12-25)14-23-21(26)24-20(19-6-5-13-27-19)17-7-9-18(22)10-8-17/h7-10,16,19-20H,2-6,11-15H2,1H3,(H2,23,24,26)/t16-,19+,20+/m1/s1. The van der Waals surface area contributed by atoms with Gasteiger partial charge in [-0.2, -0.15) is 0 Å². The van der Waals surface area contributed by atoms with E-state index in [-0.39, 0.29) is 24.0 Å². The van der Waals surface area contributed by atoms with Gasteiger partial charge in [-0.05, 0) is 62.4 Å². The van der Waals surface area contributed by atoms with Gasteiger partial charge in [0.05, 0.1) is 12.1 Å². The number of halogens is 1. The number of carbonyl (C=O) groups is 1. The van der Waals surface area contributed by atoms with Gasteiger partial charge in [-0.25, -0.2) is 9.18 Å². The molecule has 3 rings (SSSR count). The number of carbonyl (C=O) groups excluding carboxylic acids is 1. The molecule has 0 aliphatic carbocycles. The highest BCUT2D eigenvalue weighted by Gasteiger charge is 2.29. The summed E-state index contributed by atoms with van der Waals surface area (Å²) in [5.74, 6) is 0.127. The second-order valence-corrected chi connectivity index (χ2v) is 7.90. The first-order valence-corrected chi connectivity index (χ1v) is 10.3. The zero-order chi connectivity index (χ0) is 19.1. The smallest absolute Gasteiger partial charge is 0.315 e. The minimum absolute atomic E-state index is 0.0630. The molecule has 27 heavy (non-hydrogen) atoms. The summed E-state index contributed by atoms with van der Waals surface area (Å²) in [4.78, 5) is 15.0. The SMILES string of the molecule is C[C@H](CNC(=O)N[C@@H](c1ccc(F)cc1)[C@@H]1CCCO1)CN1CCCCC1. The van der Waals surface area contributed by atoms with Crippen molar-refractivity contribution in [2.45, 2.75) is 51.2 Å². The van der Waals surface area contributed by atoms with Crippen molar-refractivity contribution < 1.29 is 13.9 Å². The molecule has 2 aliphatic rings. The molecule has 2 fully saturated rings. The molecule has 3 atom stereocenters. The molecule has 0 saturated carbocycles. The molecule has 1 aromatic rings. The van der Waals surface area contributed by atoms with Crippen LogP contribution < -0.4 is 10.6 Å². The number of hydrogen-bond donors (Lipinski definition) is 2. The predicted molar refractivity (Wildman–Crippen MR) is 104 cm³/mol. The summed E-state index contributed by atoms with van der Waals surface area (Å²) < 4.78 is 19.0. The van der Waals surface area contributed by atoms with Gasteiger partial charge < -0.3 is 20.3 Å². The first-order valence-electron chi connectivity index (χ1n) is 10.3. The number of ether oxygens (including phenoxy) is 1. The largest absolute Gasteiger partial charge is 0.376 e. The fourth-order valence-corrected chi connectivity index (χ4v) is 4.03. The van der Waals surface area contributed by atoms with Crippen LogP contribution in [0.4, 0.5) is 9.18 Å². The number of rotatable bonds is 7. The normalized spacial score (nSPS) is 23.0. The molecule has 6 heteroatoms. The van der Waals surface area contributed by atoms with E-state index >= 15 is 0 Å². The fraction of sp³-hybridized carbons (Fsp3) is 0.667. The number of benzene rings is 1. The first kappa shape index (κ1) is 20.1. The van der Waals surface area contributed by atoms with E-state index in [9.17, 15) is 9.18 Å². The van der Waals surface area contributed by atoms with Crippen LogP contribution in [0.1, 0.15) is 50.6 Å². The molecular weight excluding hydrogens is 345 g/mol. The van der Waals surface area contributed by atoms with Crippen LogP contribution in [0.25, 0.3) is 0 Å². The monoisotopic (exact) mass is 377 g/mol. The number of likely N-dealkylation sites (tertiary alicyclic amines) is 1. The van der Waals surface area contributed by atoms with Crippen LogP contribution in [0, 0.1) is 11.7 Å². The summed E-state index contributed by atoms with van der Waals surface area (Å²) in [6, 6.07) is 5.85. The molecule has 5 nitrogen and oxygen atoms in total. The molecule has 2 saturated heterocycles. The maximum Gasteiger partial charge on any atom is 0.315 e. The van der Waals surface area contributed by atoms with Crippen molar-refractivity contribution in [3.63, 3.8) is 0 Å². The lowest BCUT2D eigenvalue weighted by atomic mass is 9.99. The number of nitrogens with one attached hydrogen (secondary N) is 2. The molecular formula is C21H32FN3O2. The van der Waals surface area contributed by atoms with Crippen molar-refractivity contribution in [3.05, 3.63) is 35.6 Å². The third-order valence-corrected chi connectivity index (χ3v) is 5.48. The average molecular weight is 378 g/mol. The van der Waals surface area contributed by atoms with Gasteiger partial charge in [0.1, 0.15) is 5.82 Å². The lowest BCUT2D eigenvalue weighted by molar-refractivity contribution is 0.0806. The molecule has 0 aromatic heterocycles. The molecule has 2 amide bonds. The number of urea groups is 1. The predicted octanol–water partition coefficient (Wildman–Crippen LogP) is 3.47. The van der Waals surface area contributed by atoms with E-state index in [1.807, 2.05) is 0 Å². The highest BCUT2D eigenvalue weighted by atomic mass is 19.1. The topological polar surface area (TPSA) is 53.6 Å². The number of hydrogen-bond acceptors (Lipinski definition) is 3. The van der Waals surface area contributed by atoms with Crippen molar-refractivity contribution in [2.75, 3.05) is 32.8 Å². The molecule has 1 aromatic carbocycles. The van der Waals surface area contributed by atoms with Gasteiger partial charge in [-0.1, -0.05) is 25.5 Å². The van der Waals surface area contributed by atoms with Crippen LogP contribution >= 0.6 is 0 Å². The van der Waals surface area contributed by atoms with Gasteiger partial charge in [-0.3, -0.25) is 0 Å². The summed E-state index contributed by atoms with van der Waals surface area (Å²) in [6.45, 7) is 6.88. The number of nitrogens with zero attached hydrogens (tertiary/aromatic N) is 1. The van der Waals surface area contributed by atoms with Crippen LogP contribution in [0.5, 0.6) is 0 Å². The summed E-state index contributed by atoms with van der Waals surface area (Å²) in [5, 5.41) is 6.04. The Morgan fingerprint density at radius 3 is 2.63 bits per heavy atom. The van der Waals surface area contributed by atoms with Gasteiger partial charge in [0.25, 0.3) is 0 Å². The molecule has 2 heterocycles. The van der Waals surface area contributed by atoms with E-state index in [0.717, 1.165) is 24.9 Å². The lowest BCUT2D eigenvalue weighted by Gasteiger charge is -2.29. The summed E-state index contributed by atoms with van der Waals surface area (Å²) in [5.41, 5.74) is 0.875. The molecule has 0 radical (unpaired) electrons. The van der Waals surface area contributed by atoms with Gasteiger partial charge in [0, 0.05) is 19.7 Å².